The molecule has 1 N–H and O–H groups in total. The fraction of sp³-hybridized carbons (Fsp3) is 0.455. The summed E-state index contributed by atoms with van der Waals surface area (Å²) in [7, 11) is 0. The van der Waals surface area contributed by atoms with Crippen LogP contribution in [0.25, 0.3) is 0 Å². The van der Waals surface area contributed by atoms with Gasteiger partial charge in [-0.3, -0.25) is 4.79 Å². The third-order valence-electron chi connectivity index (χ3n) is 1.90. The molecule has 0 atom stereocenters. The van der Waals surface area contributed by atoms with Gasteiger partial charge in [-0.2, -0.15) is 0 Å². The number of aromatic nitrogens is 1. The minimum atomic E-state index is -0.166. The van der Waals surface area contributed by atoms with Gasteiger partial charge in [-0.1, -0.05) is 25.4 Å². The van der Waals surface area contributed by atoms with Gasteiger partial charge in [0.15, 0.2) is 0 Å². The summed E-state index contributed by atoms with van der Waals surface area (Å²) in [5.41, 5.74) is 1.24. The number of aryl methyl sites for hydroxylation is 1. The minimum absolute atomic E-state index is 0.166. The Labute approximate surface area is 94.9 Å². The summed E-state index contributed by atoms with van der Waals surface area (Å²) in [5, 5.41) is 3.06. The molecule has 0 saturated carbocycles. The first-order valence-electron chi connectivity index (χ1n) is 4.92. The van der Waals surface area contributed by atoms with Gasteiger partial charge in [-0.05, 0) is 25.0 Å². The van der Waals surface area contributed by atoms with Crippen molar-refractivity contribution in [3.63, 3.8) is 0 Å². The van der Waals surface area contributed by atoms with Crippen molar-refractivity contribution in [3.05, 3.63) is 28.5 Å². The zero-order chi connectivity index (χ0) is 11.4. The highest BCUT2D eigenvalue weighted by atomic mass is 35.5. The normalized spacial score (nSPS) is 10.5. The summed E-state index contributed by atoms with van der Waals surface area (Å²) in [6.45, 7) is 6.55. The molecule has 0 aliphatic heterocycles. The number of carbonyl (C=O) groups is 1. The number of rotatable bonds is 3. The molecule has 0 bridgehead atoms. The van der Waals surface area contributed by atoms with Crippen LogP contribution in [-0.4, -0.2) is 17.4 Å². The summed E-state index contributed by atoms with van der Waals surface area (Å²) < 4.78 is 0. The molecule has 3 nitrogen and oxygen atoms in total. The first-order valence-corrected chi connectivity index (χ1v) is 5.30. The van der Waals surface area contributed by atoms with E-state index < -0.39 is 0 Å². The number of nitrogens with one attached hydrogen (secondary N) is 1. The Balaban J connectivity index is 2.74. The molecule has 1 amide bonds. The van der Waals surface area contributed by atoms with Crippen LogP contribution in [0.2, 0.25) is 5.15 Å². The van der Waals surface area contributed by atoms with Crippen LogP contribution < -0.4 is 5.32 Å². The molecule has 82 valence electrons. The van der Waals surface area contributed by atoms with Gasteiger partial charge < -0.3 is 5.32 Å². The smallest absolute Gasteiger partial charge is 0.254 e. The van der Waals surface area contributed by atoms with Crippen LogP contribution in [0.3, 0.4) is 0 Å². The van der Waals surface area contributed by atoms with Crippen LogP contribution in [-0.2, 0) is 0 Å². The number of hydrogen-bond donors (Lipinski definition) is 1. The maximum absolute atomic E-state index is 11.6. The summed E-state index contributed by atoms with van der Waals surface area (Å²) in [6, 6.07) is 3.47. The number of carbonyl (C=O) groups excluding carboxylic acids is 1. The lowest BCUT2D eigenvalue weighted by atomic mass is 10.2. The zero-order valence-electron chi connectivity index (χ0n) is 9.17. The Morgan fingerprint density at radius 2 is 2.20 bits per heavy atom. The molecular weight excluding hydrogens is 212 g/mol. The van der Waals surface area contributed by atoms with Crippen molar-refractivity contribution in [3.8, 4) is 0 Å². The predicted octanol–water partition coefficient (Wildman–Crippen LogP) is 2.43. The summed E-state index contributed by atoms with van der Waals surface area (Å²) in [4.78, 5) is 15.7. The first-order chi connectivity index (χ1) is 7.00. The molecule has 0 saturated heterocycles. The molecule has 0 aromatic carbocycles. The van der Waals surface area contributed by atoms with Gasteiger partial charge in [0.25, 0.3) is 5.91 Å². The van der Waals surface area contributed by atoms with E-state index in [1.165, 1.54) is 0 Å². The van der Waals surface area contributed by atoms with E-state index in [1.54, 1.807) is 12.1 Å². The van der Waals surface area contributed by atoms with Gasteiger partial charge in [0, 0.05) is 12.2 Å². The predicted molar refractivity (Wildman–Crippen MR) is 61.2 cm³/mol. The topological polar surface area (TPSA) is 42.0 Å². The average molecular weight is 227 g/mol. The number of nitrogens with zero attached hydrogens (tertiary/aromatic N) is 1. The van der Waals surface area contributed by atoms with E-state index in [-0.39, 0.29) is 11.1 Å². The maximum Gasteiger partial charge on any atom is 0.254 e. The molecule has 1 aromatic heterocycles. The lowest BCUT2D eigenvalue weighted by Gasteiger charge is -2.08. The monoisotopic (exact) mass is 226 g/mol. The molecule has 1 aromatic rings. The first kappa shape index (κ1) is 12.0. The van der Waals surface area contributed by atoms with Gasteiger partial charge in [0.1, 0.15) is 5.15 Å². The SMILES string of the molecule is Cc1ccc(C(=O)NCC(C)C)c(Cl)n1. The molecule has 4 heteroatoms. The van der Waals surface area contributed by atoms with Crippen LogP contribution in [0, 0.1) is 12.8 Å². The van der Waals surface area contributed by atoms with E-state index in [0.29, 0.717) is 18.0 Å². The Bertz CT molecular complexity index is 364. The maximum atomic E-state index is 11.6. The summed E-state index contributed by atoms with van der Waals surface area (Å²) in [6.07, 6.45) is 0. The Hall–Kier alpha value is -1.09. The average Bonchev–Trinajstić information content (AvgIpc) is 2.14. The van der Waals surface area contributed by atoms with Gasteiger partial charge >= 0.3 is 0 Å². The molecule has 1 heterocycles. The molecule has 0 unspecified atom stereocenters. The second kappa shape index (κ2) is 5.12. The lowest BCUT2D eigenvalue weighted by molar-refractivity contribution is 0.0949. The van der Waals surface area contributed by atoms with Gasteiger partial charge in [-0.25, -0.2) is 4.98 Å². The fourth-order valence-corrected chi connectivity index (χ4v) is 1.37. The van der Waals surface area contributed by atoms with E-state index in [1.807, 2.05) is 20.8 Å². The van der Waals surface area contributed by atoms with E-state index in [2.05, 4.69) is 10.3 Å². The molecular formula is C11H15ClN2O. The second-order valence-electron chi connectivity index (χ2n) is 3.89. The standard InChI is InChI=1S/C11H15ClN2O/c1-7(2)6-13-11(15)9-5-4-8(3)14-10(9)12/h4-5,7H,6H2,1-3H3,(H,13,15). The van der Waals surface area contributed by atoms with Crippen molar-refractivity contribution in [1.29, 1.82) is 0 Å². The molecule has 0 fully saturated rings. The van der Waals surface area contributed by atoms with Gasteiger partial charge in [0.2, 0.25) is 0 Å². The number of halogens is 1. The fourth-order valence-electron chi connectivity index (χ4n) is 1.09. The lowest BCUT2D eigenvalue weighted by Crippen LogP contribution is -2.27. The molecule has 0 aliphatic carbocycles. The Kier molecular flexibility index (Phi) is 4.09. The van der Waals surface area contributed by atoms with Gasteiger partial charge in [0.05, 0.1) is 5.56 Å². The summed E-state index contributed by atoms with van der Waals surface area (Å²) in [5.74, 6) is 0.257. The number of amides is 1. The van der Waals surface area contributed by atoms with E-state index >= 15 is 0 Å². The second-order valence-corrected chi connectivity index (χ2v) is 4.25. The van der Waals surface area contributed by atoms with Crippen LogP contribution in [0.4, 0.5) is 0 Å². The van der Waals surface area contributed by atoms with Crippen molar-refractivity contribution in [2.24, 2.45) is 5.92 Å². The number of hydrogen-bond acceptors (Lipinski definition) is 2. The van der Waals surface area contributed by atoms with Crippen LogP contribution in [0.15, 0.2) is 12.1 Å². The third-order valence-corrected chi connectivity index (χ3v) is 2.19. The highest BCUT2D eigenvalue weighted by molar-refractivity contribution is 6.32. The van der Waals surface area contributed by atoms with Crippen molar-refractivity contribution in [2.75, 3.05) is 6.54 Å². The zero-order valence-corrected chi connectivity index (χ0v) is 9.93. The van der Waals surface area contributed by atoms with E-state index in [9.17, 15) is 4.79 Å². The van der Waals surface area contributed by atoms with E-state index in [0.717, 1.165) is 5.69 Å². The third kappa shape index (κ3) is 3.51. The molecule has 15 heavy (non-hydrogen) atoms. The molecule has 0 aliphatic rings. The van der Waals surface area contributed by atoms with Crippen molar-refractivity contribution in [2.45, 2.75) is 20.8 Å². The quantitative estimate of drug-likeness (QED) is 0.805. The van der Waals surface area contributed by atoms with Crippen LogP contribution in [0.1, 0.15) is 29.9 Å². The van der Waals surface area contributed by atoms with Crippen LogP contribution >= 0.6 is 11.6 Å². The molecule has 0 radical (unpaired) electrons. The summed E-state index contributed by atoms with van der Waals surface area (Å²) >= 11 is 5.87. The largest absolute Gasteiger partial charge is 0.352 e. The van der Waals surface area contributed by atoms with Crippen LogP contribution in [0.5, 0.6) is 0 Å². The van der Waals surface area contributed by atoms with Crippen molar-refractivity contribution < 1.29 is 4.79 Å². The van der Waals surface area contributed by atoms with Crippen molar-refractivity contribution >= 4 is 17.5 Å². The Morgan fingerprint density at radius 3 is 2.73 bits per heavy atom. The van der Waals surface area contributed by atoms with E-state index in [4.69, 9.17) is 11.6 Å². The molecule has 0 spiro atoms. The Morgan fingerprint density at radius 1 is 1.53 bits per heavy atom. The number of pyridine rings is 1. The minimum Gasteiger partial charge on any atom is -0.352 e. The highest BCUT2D eigenvalue weighted by Crippen LogP contribution is 2.13. The highest BCUT2D eigenvalue weighted by Gasteiger charge is 2.11. The van der Waals surface area contributed by atoms with Crippen molar-refractivity contribution in [1.82, 2.24) is 10.3 Å². The molecule has 1 rings (SSSR count). The van der Waals surface area contributed by atoms with Gasteiger partial charge in [-0.15, -0.1) is 0 Å².